The smallest absolute Gasteiger partial charge is 0.132 e. The average molecular weight is 755 g/mol. The van der Waals surface area contributed by atoms with Gasteiger partial charge in [-0.15, -0.1) is 0 Å². The molecule has 0 amide bonds. The van der Waals surface area contributed by atoms with Gasteiger partial charge in [-0.05, 0) is 178 Å². The van der Waals surface area contributed by atoms with Gasteiger partial charge < -0.3 is 19.9 Å². The molecule has 0 atom stereocenters. The molecule has 0 spiro atoms. The highest BCUT2D eigenvalue weighted by molar-refractivity contribution is 5.85. The molecular weight excluding hydrogens is 702 g/mol. The third-order valence-electron chi connectivity index (χ3n) is 11.7. The second kappa shape index (κ2) is 16.5. The van der Waals surface area contributed by atoms with Crippen molar-refractivity contribution < 1.29 is 13.2 Å². The molecule has 0 radical (unpaired) electrons. The Morgan fingerprint density at radius 3 is 1.48 bits per heavy atom. The van der Waals surface area contributed by atoms with Crippen LogP contribution in [-0.2, 0) is 25.7 Å². The average Bonchev–Trinajstić information content (AvgIpc) is 4.05. The molecule has 4 aliphatic carbocycles. The maximum Gasteiger partial charge on any atom is 0.132 e. The molecule has 4 nitrogen and oxygen atoms in total. The zero-order chi connectivity index (χ0) is 37.3. The maximum absolute atomic E-state index is 13.5. The summed E-state index contributed by atoms with van der Waals surface area (Å²) in [7, 11) is 0. The standard InChI is InChI=1S/3C12H12FN.C12H13N.CH4/c13-10-3-4-12-11(6-10)9(7-14-12)5-8-1-2-8;13-10-3-4-11-9(5-8-1-2-8)7-14-12(11)6-10;13-10-2-1-3-11-12(10)9(7-14-11)6-8-4-5-8;1-2-4-12-11(3-1)10(8-13-12)7-9-5-6-9;/h2*3-4,6-8,14H,1-2,5H2;1-3,7-8,14H,4-6H2;1-4,8-9,13H,5-7H2;1H4. The van der Waals surface area contributed by atoms with Crippen molar-refractivity contribution in [2.24, 2.45) is 23.7 Å². The molecule has 4 aromatic carbocycles. The number of halogens is 3. The normalized spacial score (nSPS) is 16.1. The van der Waals surface area contributed by atoms with E-state index < -0.39 is 0 Å². The molecule has 4 fully saturated rings. The van der Waals surface area contributed by atoms with E-state index in [1.54, 1.807) is 24.3 Å². The summed E-state index contributed by atoms with van der Waals surface area (Å²) >= 11 is 0. The van der Waals surface area contributed by atoms with Gasteiger partial charge in [0.15, 0.2) is 0 Å². The van der Waals surface area contributed by atoms with Gasteiger partial charge in [0.25, 0.3) is 0 Å². The number of hydrogen-bond donors (Lipinski definition) is 4. The molecule has 0 saturated heterocycles. The Balaban J connectivity index is 0.000000104. The van der Waals surface area contributed by atoms with E-state index in [9.17, 15) is 13.2 Å². The zero-order valence-electron chi connectivity index (χ0n) is 31.2. The molecule has 7 heteroatoms. The second-order valence-electron chi connectivity index (χ2n) is 16.4. The van der Waals surface area contributed by atoms with E-state index >= 15 is 0 Å². The first-order valence-corrected chi connectivity index (χ1v) is 20.2. The molecule has 56 heavy (non-hydrogen) atoms. The summed E-state index contributed by atoms with van der Waals surface area (Å²) in [5.41, 5.74) is 9.39. The number of benzene rings is 4. The predicted molar refractivity (Wildman–Crippen MR) is 226 cm³/mol. The fourth-order valence-corrected chi connectivity index (χ4v) is 7.85. The van der Waals surface area contributed by atoms with E-state index in [0.29, 0.717) is 0 Å². The van der Waals surface area contributed by atoms with E-state index in [0.717, 1.165) is 75.8 Å². The third kappa shape index (κ3) is 9.26. The first kappa shape index (κ1) is 37.7. The highest BCUT2D eigenvalue weighted by atomic mass is 19.1. The maximum atomic E-state index is 13.5. The Morgan fingerprint density at radius 2 is 0.857 bits per heavy atom. The monoisotopic (exact) mass is 754 g/mol. The molecule has 4 heterocycles. The topological polar surface area (TPSA) is 63.2 Å². The molecule has 12 rings (SSSR count). The summed E-state index contributed by atoms with van der Waals surface area (Å²) in [6.45, 7) is 0. The van der Waals surface area contributed by atoms with Crippen LogP contribution in [-0.4, -0.2) is 19.9 Å². The van der Waals surface area contributed by atoms with Gasteiger partial charge in [0.1, 0.15) is 17.5 Å². The molecule has 0 aliphatic heterocycles. The summed E-state index contributed by atoms with van der Waals surface area (Å²) in [4.78, 5) is 12.7. The minimum atomic E-state index is -0.169. The summed E-state index contributed by atoms with van der Waals surface area (Å²) < 4.78 is 39.5. The van der Waals surface area contributed by atoms with Gasteiger partial charge in [-0.25, -0.2) is 13.2 Å². The minimum Gasteiger partial charge on any atom is -0.361 e. The van der Waals surface area contributed by atoms with E-state index in [1.807, 2.05) is 30.7 Å². The van der Waals surface area contributed by atoms with Gasteiger partial charge in [0.05, 0.1) is 0 Å². The lowest BCUT2D eigenvalue weighted by molar-refractivity contribution is 0.629. The summed E-state index contributed by atoms with van der Waals surface area (Å²) in [6.07, 6.45) is 23.5. The third-order valence-corrected chi connectivity index (χ3v) is 11.7. The number of nitrogens with one attached hydrogen (secondary N) is 4. The lowest BCUT2D eigenvalue weighted by Gasteiger charge is -1.97. The van der Waals surface area contributed by atoms with Crippen LogP contribution in [0.1, 0.15) is 81.0 Å². The first-order chi connectivity index (χ1) is 26.9. The first-order valence-electron chi connectivity index (χ1n) is 20.2. The molecule has 4 saturated carbocycles. The van der Waals surface area contributed by atoms with E-state index in [-0.39, 0.29) is 24.9 Å². The van der Waals surface area contributed by atoms with Crippen LogP contribution in [0.3, 0.4) is 0 Å². The summed E-state index contributed by atoms with van der Waals surface area (Å²) in [5, 5.41) is 4.43. The lowest BCUT2D eigenvalue weighted by atomic mass is 10.1. The summed E-state index contributed by atoms with van der Waals surface area (Å²) in [6, 6.07) is 23.7. The van der Waals surface area contributed by atoms with Crippen molar-refractivity contribution in [1.29, 1.82) is 0 Å². The molecule has 4 N–H and O–H groups in total. The molecule has 4 aromatic heterocycles. The van der Waals surface area contributed by atoms with Crippen LogP contribution in [0.15, 0.2) is 104 Å². The van der Waals surface area contributed by atoms with Crippen molar-refractivity contribution in [2.45, 2.75) is 84.5 Å². The van der Waals surface area contributed by atoms with Crippen molar-refractivity contribution in [3.63, 3.8) is 0 Å². The second-order valence-corrected chi connectivity index (χ2v) is 16.4. The van der Waals surface area contributed by atoms with Crippen molar-refractivity contribution >= 4 is 43.6 Å². The van der Waals surface area contributed by atoms with Crippen LogP contribution in [0.5, 0.6) is 0 Å². The molecule has 0 unspecified atom stereocenters. The van der Waals surface area contributed by atoms with Crippen molar-refractivity contribution in [2.75, 3.05) is 0 Å². The molecule has 0 bridgehead atoms. The fourth-order valence-electron chi connectivity index (χ4n) is 7.85. The fraction of sp³-hybridized carbons (Fsp3) is 0.347. The Bertz CT molecular complexity index is 2540. The van der Waals surface area contributed by atoms with Crippen LogP contribution in [0.25, 0.3) is 43.6 Å². The molecule has 8 aromatic rings. The van der Waals surface area contributed by atoms with Crippen LogP contribution in [0.2, 0.25) is 0 Å². The van der Waals surface area contributed by atoms with Crippen molar-refractivity contribution in [1.82, 2.24) is 19.9 Å². The number of aromatic amines is 4. The lowest BCUT2D eigenvalue weighted by Crippen LogP contribution is -1.86. The number of H-pyrrole nitrogens is 4. The van der Waals surface area contributed by atoms with Crippen LogP contribution < -0.4 is 0 Å². The van der Waals surface area contributed by atoms with Crippen LogP contribution >= 0.6 is 0 Å². The molecule has 4 aliphatic rings. The summed E-state index contributed by atoms with van der Waals surface area (Å²) in [5.74, 6) is 3.08. The van der Waals surface area contributed by atoms with Gasteiger partial charge in [0.2, 0.25) is 0 Å². The number of fused-ring (bicyclic) bond motifs is 4. The van der Waals surface area contributed by atoms with Crippen molar-refractivity contribution in [3.8, 4) is 0 Å². The quantitative estimate of drug-likeness (QED) is 0.119. The largest absolute Gasteiger partial charge is 0.361 e. The highest BCUT2D eigenvalue weighted by Crippen LogP contribution is 2.37. The van der Waals surface area contributed by atoms with E-state index in [1.165, 1.54) is 109 Å². The van der Waals surface area contributed by atoms with Gasteiger partial charge in [-0.1, -0.05) is 31.7 Å². The number of hydrogen-bond acceptors (Lipinski definition) is 0. The van der Waals surface area contributed by atoms with Gasteiger partial charge >= 0.3 is 0 Å². The Labute approximate surface area is 327 Å². The minimum absolute atomic E-state index is 0. The number of para-hydroxylation sites is 1. The SMILES string of the molecule is C.Fc1ccc2[nH]cc(CC3CC3)c2c1.Fc1ccc2c(CC3CC3)c[nH]c2c1.Fc1cccc2[nH]cc(CC3CC3)c12.c1ccc2c(CC3CC3)c[nH]c2c1. The Morgan fingerprint density at radius 1 is 0.411 bits per heavy atom. The molecule has 290 valence electrons. The highest BCUT2D eigenvalue weighted by Gasteiger charge is 2.25. The van der Waals surface area contributed by atoms with Gasteiger partial charge in [0, 0.05) is 68.4 Å². The number of rotatable bonds is 8. The van der Waals surface area contributed by atoms with Gasteiger partial charge in [-0.2, -0.15) is 0 Å². The predicted octanol–water partition coefficient (Wildman–Crippen LogP) is 13.5. The van der Waals surface area contributed by atoms with Crippen LogP contribution in [0, 0.1) is 41.1 Å². The zero-order valence-corrected chi connectivity index (χ0v) is 31.2. The van der Waals surface area contributed by atoms with E-state index in [2.05, 4.69) is 50.4 Å². The van der Waals surface area contributed by atoms with Crippen molar-refractivity contribution in [3.05, 3.63) is 143 Å². The Hall–Kier alpha value is -5.17. The Kier molecular flexibility index (Phi) is 11.1. The number of aromatic nitrogens is 4. The molecular formula is C49H53F3N4. The van der Waals surface area contributed by atoms with Crippen LogP contribution in [0.4, 0.5) is 13.2 Å². The van der Waals surface area contributed by atoms with Gasteiger partial charge in [-0.3, -0.25) is 0 Å². The van der Waals surface area contributed by atoms with E-state index in [4.69, 9.17) is 0 Å².